The Balaban J connectivity index is 1.66. The Hall–Kier alpha value is -1.80. The molecule has 0 aliphatic carbocycles. The zero-order chi connectivity index (χ0) is 13.1. The van der Waals surface area contributed by atoms with Gasteiger partial charge in [-0.15, -0.1) is 5.10 Å². The number of piperazine rings is 1. The van der Waals surface area contributed by atoms with Gasteiger partial charge in [-0.25, -0.2) is 0 Å². The third-order valence-corrected chi connectivity index (χ3v) is 3.44. The molecule has 1 aliphatic rings. The lowest BCUT2D eigenvalue weighted by molar-refractivity contribution is 0.246. The number of nitrogens with one attached hydrogen (secondary N) is 1. The van der Waals surface area contributed by atoms with E-state index in [0.717, 1.165) is 45.1 Å². The fraction of sp³-hybridized carbons (Fsp3) is 0.636. The molecule has 0 atom stereocenters. The minimum absolute atomic E-state index is 0.673. The van der Waals surface area contributed by atoms with Crippen LogP contribution >= 0.6 is 0 Å². The highest BCUT2D eigenvalue weighted by molar-refractivity contribution is 5.45. The maximum absolute atomic E-state index is 4.17. The Morgan fingerprint density at radius 3 is 3.00 bits per heavy atom. The number of rotatable bonds is 4. The quantitative estimate of drug-likeness (QED) is 0.746. The van der Waals surface area contributed by atoms with Crippen molar-refractivity contribution >= 4 is 11.5 Å². The van der Waals surface area contributed by atoms with Crippen molar-refractivity contribution in [3.8, 4) is 0 Å². The molecule has 0 bridgehead atoms. The van der Waals surface area contributed by atoms with E-state index in [0.29, 0.717) is 5.65 Å². The summed E-state index contributed by atoms with van der Waals surface area (Å²) in [4.78, 5) is 8.77. The number of nitrogens with zero attached hydrogens (tertiary/aromatic N) is 7. The highest BCUT2D eigenvalue weighted by atomic mass is 15.5. The van der Waals surface area contributed by atoms with Crippen molar-refractivity contribution in [2.75, 3.05) is 51.2 Å². The lowest BCUT2D eigenvalue weighted by Gasteiger charge is -2.29. The van der Waals surface area contributed by atoms with Crippen LogP contribution in [0.5, 0.6) is 0 Å². The van der Waals surface area contributed by atoms with Crippen molar-refractivity contribution in [2.45, 2.75) is 0 Å². The topological polar surface area (TPSA) is 74.5 Å². The van der Waals surface area contributed by atoms with Crippen molar-refractivity contribution in [1.82, 2.24) is 35.2 Å². The molecule has 8 heteroatoms. The number of hydrogen-bond acceptors (Lipinski definition) is 7. The van der Waals surface area contributed by atoms with Gasteiger partial charge in [-0.2, -0.15) is 4.52 Å². The molecule has 1 aliphatic heterocycles. The van der Waals surface area contributed by atoms with Crippen LogP contribution in [0.15, 0.2) is 12.4 Å². The molecular formula is C11H18N8. The fourth-order valence-corrected chi connectivity index (χ4v) is 2.26. The van der Waals surface area contributed by atoms with Gasteiger partial charge < -0.3 is 10.2 Å². The predicted molar refractivity (Wildman–Crippen MR) is 71.2 cm³/mol. The third-order valence-electron chi connectivity index (χ3n) is 3.44. The van der Waals surface area contributed by atoms with E-state index in [1.807, 2.05) is 7.05 Å². The van der Waals surface area contributed by atoms with Crippen molar-refractivity contribution in [2.24, 2.45) is 0 Å². The summed E-state index contributed by atoms with van der Waals surface area (Å²) < 4.78 is 1.71. The summed E-state index contributed by atoms with van der Waals surface area (Å²) in [5.74, 6) is 0.914. The molecule has 0 spiro atoms. The van der Waals surface area contributed by atoms with E-state index in [2.05, 4.69) is 35.6 Å². The molecule has 1 fully saturated rings. The van der Waals surface area contributed by atoms with E-state index in [1.54, 1.807) is 16.9 Å². The largest absolute Gasteiger partial charge is 0.357 e. The summed E-state index contributed by atoms with van der Waals surface area (Å²) in [6, 6.07) is 0. The molecule has 3 rings (SSSR count). The van der Waals surface area contributed by atoms with E-state index in [1.165, 1.54) is 0 Å². The average molecular weight is 262 g/mol. The van der Waals surface area contributed by atoms with Crippen LogP contribution in [-0.4, -0.2) is 76.2 Å². The molecule has 102 valence electrons. The maximum atomic E-state index is 4.17. The van der Waals surface area contributed by atoms with Gasteiger partial charge in [0, 0.05) is 46.3 Å². The molecule has 1 N–H and O–H groups in total. The van der Waals surface area contributed by atoms with Gasteiger partial charge in [0.15, 0.2) is 11.5 Å². The third kappa shape index (κ3) is 2.64. The van der Waals surface area contributed by atoms with Gasteiger partial charge in [-0.1, -0.05) is 0 Å². The molecule has 2 aromatic heterocycles. The van der Waals surface area contributed by atoms with Crippen LogP contribution in [0, 0.1) is 0 Å². The Morgan fingerprint density at radius 2 is 2.16 bits per heavy atom. The number of anilines is 1. The van der Waals surface area contributed by atoms with Gasteiger partial charge in [0.1, 0.15) is 0 Å². The van der Waals surface area contributed by atoms with Crippen molar-refractivity contribution in [1.29, 1.82) is 0 Å². The van der Waals surface area contributed by atoms with Crippen molar-refractivity contribution in [3.63, 3.8) is 0 Å². The van der Waals surface area contributed by atoms with Crippen LogP contribution in [0.25, 0.3) is 5.65 Å². The first-order valence-corrected chi connectivity index (χ1v) is 6.51. The second-order valence-electron chi connectivity index (χ2n) is 4.73. The first-order valence-electron chi connectivity index (χ1n) is 6.51. The Bertz CT molecular complexity index is 532. The minimum atomic E-state index is 0.673. The Morgan fingerprint density at radius 1 is 1.32 bits per heavy atom. The lowest BCUT2D eigenvalue weighted by atomic mass is 10.3. The zero-order valence-corrected chi connectivity index (χ0v) is 11.0. The molecule has 0 radical (unpaired) electrons. The van der Waals surface area contributed by atoms with E-state index in [9.17, 15) is 0 Å². The van der Waals surface area contributed by atoms with Gasteiger partial charge in [0.05, 0.1) is 12.4 Å². The van der Waals surface area contributed by atoms with Gasteiger partial charge in [0.2, 0.25) is 0 Å². The molecular weight excluding hydrogens is 244 g/mol. The van der Waals surface area contributed by atoms with E-state index in [4.69, 9.17) is 0 Å². The zero-order valence-electron chi connectivity index (χ0n) is 11.0. The standard InChI is InChI=1S/C11H18N8/c1-17(6-7-18-4-2-12-3-5-18)11-9-13-8-10-14-15-16-19(10)11/h8-9,12H,2-7H2,1H3. The second kappa shape index (κ2) is 5.45. The number of hydrogen-bond donors (Lipinski definition) is 1. The number of fused-ring (bicyclic) bond motifs is 1. The summed E-state index contributed by atoms with van der Waals surface area (Å²) in [6.07, 6.45) is 3.45. The number of likely N-dealkylation sites (N-methyl/N-ethyl adjacent to an activating group) is 1. The minimum Gasteiger partial charge on any atom is -0.357 e. The number of aromatic nitrogens is 5. The van der Waals surface area contributed by atoms with Gasteiger partial charge in [-0.3, -0.25) is 9.88 Å². The monoisotopic (exact) mass is 262 g/mol. The summed E-state index contributed by atoms with van der Waals surface area (Å²) in [5.41, 5.74) is 0.673. The van der Waals surface area contributed by atoms with E-state index in [-0.39, 0.29) is 0 Å². The van der Waals surface area contributed by atoms with Crippen LogP contribution in [0.2, 0.25) is 0 Å². The second-order valence-corrected chi connectivity index (χ2v) is 4.73. The SMILES string of the molecule is CN(CCN1CCNCC1)c1cncc2nnnn12. The highest BCUT2D eigenvalue weighted by Gasteiger charge is 2.12. The van der Waals surface area contributed by atoms with Crippen LogP contribution in [-0.2, 0) is 0 Å². The summed E-state index contributed by atoms with van der Waals surface area (Å²) in [6.45, 7) is 6.35. The summed E-state index contributed by atoms with van der Waals surface area (Å²) in [7, 11) is 2.04. The molecule has 0 saturated carbocycles. The number of tetrazole rings is 1. The average Bonchev–Trinajstić information content (AvgIpc) is 2.94. The van der Waals surface area contributed by atoms with Gasteiger partial charge >= 0.3 is 0 Å². The fourth-order valence-electron chi connectivity index (χ4n) is 2.26. The van der Waals surface area contributed by atoms with Gasteiger partial charge in [0.25, 0.3) is 0 Å². The summed E-state index contributed by atoms with van der Waals surface area (Å²) >= 11 is 0. The molecule has 0 unspecified atom stereocenters. The van der Waals surface area contributed by atoms with E-state index < -0.39 is 0 Å². The molecule has 0 amide bonds. The summed E-state index contributed by atoms with van der Waals surface area (Å²) in [5, 5.41) is 14.9. The van der Waals surface area contributed by atoms with Crippen LogP contribution in [0.1, 0.15) is 0 Å². The Labute approximate surface area is 111 Å². The van der Waals surface area contributed by atoms with Gasteiger partial charge in [-0.05, 0) is 10.4 Å². The lowest BCUT2D eigenvalue weighted by Crippen LogP contribution is -2.46. The van der Waals surface area contributed by atoms with Crippen molar-refractivity contribution < 1.29 is 0 Å². The molecule has 0 aromatic carbocycles. The smallest absolute Gasteiger partial charge is 0.199 e. The molecule has 8 nitrogen and oxygen atoms in total. The molecule has 3 heterocycles. The first kappa shape index (κ1) is 12.2. The highest BCUT2D eigenvalue weighted by Crippen LogP contribution is 2.10. The van der Waals surface area contributed by atoms with Crippen LogP contribution in [0.4, 0.5) is 5.82 Å². The van der Waals surface area contributed by atoms with Crippen LogP contribution < -0.4 is 10.2 Å². The van der Waals surface area contributed by atoms with Crippen molar-refractivity contribution in [3.05, 3.63) is 12.4 Å². The normalized spacial score (nSPS) is 16.9. The predicted octanol–water partition coefficient (Wildman–Crippen LogP) is -1.14. The molecule has 19 heavy (non-hydrogen) atoms. The molecule has 1 saturated heterocycles. The van der Waals surface area contributed by atoms with E-state index >= 15 is 0 Å². The van der Waals surface area contributed by atoms with Crippen LogP contribution in [0.3, 0.4) is 0 Å². The Kier molecular flexibility index (Phi) is 3.51. The maximum Gasteiger partial charge on any atom is 0.199 e. The molecule has 2 aromatic rings. The first-order chi connectivity index (χ1) is 9.34.